The highest BCUT2D eigenvalue weighted by molar-refractivity contribution is 5.69. The fraction of sp³-hybridized carbons (Fsp3) is 0.632. The molecule has 0 radical (unpaired) electrons. The fourth-order valence-electron chi connectivity index (χ4n) is 2.37. The van der Waals surface area contributed by atoms with Gasteiger partial charge in [0.05, 0.1) is 7.11 Å². The Morgan fingerprint density at radius 3 is 2.55 bits per heavy atom. The quantitative estimate of drug-likeness (QED) is 0.448. The van der Waals surface area contributed by atoms with E-state index >= 15 is 0 Å². The van der Waals surface area contributed by atoms with Gasteiger partial charge in [-0.15, -0.1) is 0 Å². The van der Waals surface area contributed by atoms with Gasteiger partial charge in [0.25, 0.3) is 0 Å². The molecule has 0 amide bonds. The fourth-order valence-corrected chi connectivity index (χ4v) is 2.37. The number of rotatable bonds is 10. The second kappa shape index (κ2) is 10.3. The molecule has 0 unspecified atom stereocenters. The molecule has 0 saturated carbocycles. The summed E-state index contributed by atoms with van der Waals surface area (Å²) in [6, 6.07) is 5.88. The second-order valence-corrected chi connectivity index (χ2v) is 6.31. The molecule has 0 spiro atoms. The molecular formula is C19H30O3. The van der Waals surface area contributed by atoms with Gasteiger partial charge in [0.2, 0.25) is 0 Å². The lowest BCUT2D eigenvalue weighted by atomic mass is 10.0. The Labute approximate surface area is 135 Å². The molecule has 1 rings (SSSR count). The molecule has 0 aliphatic rings. The molecule has 0 bridgehead atoms. The molecule has 0 aliphatic heterocycles. The normalized spacial score (nSPS) is 10.8. The number of benzene rings is 1. The largest absolute Gasteiger partial charge is 0.496 e. The van der Waals surface area contributed by atoms with Crippen molar-refractivity contribution in [3.63, 3.8) is 0 Å². The number of carbonyl (C=O) groups is 1. The summed E-state index contributed by atoms with van der Waals surface area (Å²) < 4.78 is 10.6. The number of carbonyl (C=O) groups excluding carboxylic acids is 1. The zero-order valence-electron chi connectivity index (χ0n) is 14.5. The molecular weight excluding hydrogens is 276 g/mol. The smallest absolute Gasteiger partial charge is 0.306 e. The Morgan fingerprint density at radius 2 is 1.86 bits per heavy atom. The Kier molecular flexibility index (Phi) is 8.64. The maximum absolute atomic E-state index is 11.7. The van der Waals surface area contributed by atoms with Crippen LogP contribution in [0, 0.1) is 12.8 Å². The maximum atomic E-state index is 11.7. The van der Waals surface area contributed by atoms with Gasteiger partial charge in [-0.2, -0.15) is 0 Å². The summed E-state index contributed by atoms with van der Waals surface area (Å²) in [7, 11) is 1.65. The van der Waals surface area contributed by atoms with E-state index < -0.39 is 0 Å². The molecule has 0 fully saturated rings. The van der Waals surface area contributed by atoms with Crippen molar-refractivity contribution < 1.29 is 14.3 Å². The standard InChI is InChI=1S/C19H30O3/c1-15(2)9-7-5-6-8-10-19(20)22-14-17-12-11-16(3)18(13-17)21-4/h11-13,15H,5-10,14H2,1-4H3. The average Bonchev–Trinajstić information content (AvgIpc) is 2.49. The summed E-state index contributed by atoms with van der Waals surface area (Å²) in [6.45, 7) is 6.81. The molecule has 1 aromatic rings. The molecule has 3 nitrogen and oxygen atoms in total. The van der Waals surface area contributed by atoms with Crippen molar-refractivity contribution in [3.05, 3.63) is 29.3 Å². The van der Waals surface area contributed by atoms with Crippen LogP contribution in [0.15, 0.2) is 18.2 Å². The molecule has 0 aromatic heterocycles. The van der Waals surface area contributed by atoms with Gasteiger partial charge in [-0.05, 0) is 36.5 Å². The maximum Gasteiger partial charge on any atom is 0.306 e. The molecule has 0 saturated heterocycles. The van der Waals surface area contributed by atoms with Crippen LogP contribution in [0.5, 0.6) is 5.75 Å². The van der Waals surface area contributed by atoms with Crippen LogP contribution in [0.2, 0.25) is 0 Å². The first kappa shape index (κ1) is 18.5. The van der Waals surface area contributed by atoms with Crippen molar-refractivity contribution in [2.24, 2.45) is 5.92 Å². The molecule has 3 heteroatoms. The van der Waals surface area contributed by atoms with Crippen LogP contribution in [0.3, 0.4) is 0 Å². The molecule has 0 atom stereocenters. The number of hydrogen-bond donors (Lipinski definition) is 0. The number of unbranched alkanes of at least 4 members (excludes halogenated alkanes) is 3. The van der Waals surface area contributed by atoms with E-state index in [1.165, 1.54) is 19.3 Å². The lowest BCUT2D eigenvalue weighted by Crippen LogP contribution is -2.04. The highest BCUT2D eigenvalue weighted by Gasteiger charge is 2.05. The molecule has 0 heterocycles. The minimum absolute atomic E-state index is 0.108. The van der Waals surface area contributed by atoms with Gasteiger partial charge in [0.1, 0.15) is 12.4 Å². The molecule has 1 aromatic carbocycles. The summed E-state index contributed by atoms with van der Waals surface area (Å²) in [4.78, 5) is 11.7. The van der Waals surface area contributed by atoms with Crippen molar-refractivity contribution in [1.29, 1.82) is 0 Å². The van der Waals surface area contributed by atoms with E-state index in [1.54, 1.807) is 7.11 Å². The second-order valence-electron chi connectivity index (χ2n) is 6.31. The van der Waals surface area contributed by atoms with Gasteiger partial charge < -0.3 is 9.47 Å². The lowest BCUT2D eigenvalue weighted by Gasteiger charge is -2.09. The number of ether oxygens (including phenoxy) is 2. The Bertz CT molecular complexity index is 452. The van der Waals surface area contributed by atoms with Gasteiger partial charge in [-0.1, -0.05) is 51.7 Å². The topological polar surface area (TPSA) is 35.5 Å². The zero-order valence-corrected chi connectivity index (χ0v) is 14.5. The number of aryl methyl sites for hydroxylation is 1. The molecule has 0 aliphatic carbocycles. The third-order valence-corrected chi connectivity index (χ3v) is 3.78. The predicted molar refractivity (Wildman–Crippen MR) is 90.1 cm³/mol. The van der Waals surface area contributed by atoms with Crippen LogP contribution in [0.4, 0.5) is 0 Å². The predicted octanol–water partition coefficient (Wildman–Crippen LogP) is 5.04. The van der Waals surface area contributed by atoms with Crippen molar-refractivity contribution >= 4 is 5.97 Å². The lowest BCUT2D eigenvalue weighted by molar-refractivity contribution is -0.145. The van der Waals surface area contributed by atoms with Gasteiger partial charge in [0, 0.05) is 6.42 Å². The van der Waals surface area contributed by atoms with Crippen molar-refractivity contribution in [2.45, 2.75) is 65.9 Å². The highest BCUT2D eigenvalue weighted by Crippen LogP contribution is 2.19. The van der Waals surface area contributed by atoms with Gasteiger partial charge in [-0.25, -0.2) is 0 Å². The van der Waals surface area contributed by atoms with Crippen LogP contribution >= 0.6 is 0 Å². The van der Waals surface area contributed by atoms with E-state index in [1.807, 2.05) is 25.1 Å². The summed E-state index contributed by atoms with van der Waals surface area (Å²) in [6.07, 6.45) is 6.30. The third-order valence-electron chi connectivity index (χ3n) is 3.78. The highest BCUT2D eigenvalue weighted by atomic mass is 16.5. The first-order valence-corrected chi connectivity index (χ1v) is 8.32. The number of hydrogen-bond acceptors (Lipinski definition) is 3. The summed E-state index contributed by atoms with van der Waals surface area (Å²) in [5, 5.41) is 0. The third kappa shape index (κ3) is 7.48. The zero-order chi connectivity index (χ0) is 16.4. The molecule has 124 valence electrons. The van der Waals surface area contributed by atoms with Gasteiger partial charge in [0.15, 0.2) is 0 Å². The Hall–Kier alpha value is -1.51. The summed E-state index contributed by atoms with van der Waals surface area (Å²) >= 11 is 0. The monoisotopic (exact) mass is 306 g/mol. The van der Waals surface area contributed by atoms with Crippen LogP contribution in [0.25, 0.3) is 0 Å². The Balaban J connectivity index is 2.18. The van der Waals surface area contributed by atoms with Crippen molar-refractivity contribution in [2.75, 3.05) is 7.11 Å². The van der Waals surface area contributed by atoms with E-state index in [9.17, 15) is 4.79 Å². The molecule has 22 heavy (non-hydrogen) atoms. The van der Waals surface area contributed by atoms with E-state index in [4.69, 9.17) is 9.47 Å². The van der Waals surface area contributed by atoms with Crippen LogP contribution in [-0.2, 0) is 16.1 Å². The van der Waals surface area contributed by atoms with E-state index in [0.29, 0.717) is 13.0 Å². The van der Waals surface area contributed by atoms with Crippen LogP contribution in [-0.4, -0.2) is 13.1 Å². The van der Waals surface area contributed by atoms with E-state index in [2.05, 4.69) is 13.8 Å². The summed E-state index contributed by atoms with van der Waals surface area (Å²) in [5.41, 5.74) is 2.05. The first-order chi connectivity index (χ1) is 10.5. The van der Waals surface area contributed by atoms with Crippen LogP contribution < -0.4 is 4.74 Å². The summed E-state index contributed by atoms with van der Waals surface area (Å²) in [5.74, 6) is 1.50. The number of esters is 1. The van der Waals surface area contributed by atoms with Crippen molar-refractivity contribution in [1.82, 2.24) is 0 Å². The minimum atomic E-state index is -0.108. The van der Waals surface area contributed by atoms with E-state index in [0.717, 1.165) is 35.6 Å². The first-order valence-electron chi connectivity index (χ1n) is 8.32. The molecule has 0 N–H and O–H groups in total. The average molecular weight is 306 g/mol. The Morgan fingerprint density at radius 1 is 1.14 bits per heavy atom. The SMILES string of the molecule is COc1cc(COC(=O)CCCCCCC(C)C)ccc1C. The van der Waals surface area contributed by atoms with Crippen LogP contribution in [0.1, 0.15) is 63.5 Å². The van der Waals surface area contributed by atoms with Gasteiger partial charge in [-0.3, -0.25) is 4.79 Å². The van der Waals surface area contributed by atoms with Gasteiger partial charge >= 0.3 is 5.97 Å². The minimum Gasteiger partial charge on any atom is -0.496 e. The van der Waals surface area contributed by atoms with E-state index in [-0.39, 0.29) is 5.97 Å². The van der Waals surface area contributed by atoms with Crippen molar-refractivity contribution in [3.8, 4) is 5.75 Å². The number of methoxy groups -OCH3 is 1.